The molecular formula is C15H18N2O3. The molecule has 0 amide bonds. The van der Waals surface area contributed by atoms with Crippen LogP contribution >= 0.6 is 0 Å². The maximum atomic E-state index is 10.8. The van der Waals surface area contributed by atoms with Crippen molar-refractivity contribution in [1.82, 2.24) is 4.90 Å². The van der Waals surface area contributed by atoms with Gasteiger partial charge in [-0.2, -0.15) is 5.26 Å². The van der Waals surface area contributed by atoms with Crippen LogP contribution in [0, 0.1) is 11.3 Å². The molecule has 106 valence electrons. The Morgan fingerprint density at radius 3 is 3.15 bits per heavy atom. The number of nitriles is 1. The van der Waals surface area contributed by atoms with E-state index in [4.69, 9.17) is 15.1 Å². The van der Waals surface area contributed by atoms with E-state index in [2.05, 4.69) is 17.9 Å². The number of carboxylic acid groups (broad SMARTS) is 1. The van der Waals surface area contributed by atoms with Gasteiger partial charge >= 0.3 is 5.97 Å². The maximum absolute atomic E-state index is 10.8. The van der Waals surface area contributed by atoms with Crippen molar-refractivity contribution in [2.24, 2.45) is 0 Å². The van der Waals surface area contributed by atoms with E-state index in [1.54, 1.807) is 6.07 Å². The van der Waals surface area contributed by atoms with Crippen LogP contribution in [0.4, 0.5) is 0 Å². The van der Waals surface area contributed by atoms with Gasteiger partial charge in [0.2, 0.25) is 0 Å². The second-order valence-corrected chi connectivity index (χ2v) is 5.00. The first-order valence-electron chi connectivity index (χ1n) is 6.67. The normalized spacial score (nSPS) is 21.1. The van der Waals surface area contributed by atoms with Crippen molar-refractivity contribution in [3.05, 3.63) is 35.4 Å². The first kappa shape index (κ1) is 14.5. The van der Waals surface area contributed by atoms with Crippen LogP contribution < -0.4 is 0 Å². The lowest BCUT2D eigenvalue weighted by Gasteiger charge is -2.36. The Morgan fingerprint density at radius 1 is 1.65 bits per heavy atom. The van der Waals surface area contributed by atoms with Gasteiger partial charge in [0, 0.05) is 19.1 Å². The largest absolute Gasteiger partial charge is 0.481 e. The van der Waals surface area contributed by atoms with E-state index in [1.807, 2.05) is 18.2 Å². The average molecular weight is 274 g/mol. The smallest absolute Gasteiger partial charge is 0.306 e. The summed E-state index contributed by atoms with van der Waals surface area (Å²) in [6, 6.07) is 9.81. The molecule has 1 aromatic rings. The van der Waals surface area contributed by atoms with Gasteiger partial charge in [0.05, 0.1) is 30.8 Å². The van der Waals surface area contributed by atoms with Crippen molar-refractivity contribution in [2.75, 3.05) is 19.7 Å². The summed E-state index contributed by atoms with van der Waals surface area (Å²) in [5.41, 5.74) is 1.71. The van der Waals surface area contributed by atoms with Crippen molar-refractivity contribution in [2.45, 2.75) is 25.5 Å². The maximum Gasteiger partial charge on any atom is 0.306 e. The summed E-state index contributed by atoms with van der Waals surface area (Å²) in [7, 11) is 0. The van der Waals surface area contributed by atoms with Gasteiger partial charge in [-0.1, -0.05) is 12.1 Å². The lowest BCUT2D eigenvalue weighted by atomic mass is 10.0. The quantitative estimate of drug-likeness (QED) is 0.906. The first-order chi connectivity index (χ1) is 9.60. The van der Waals surface area contributed by atoms with Gasteiger partial charge in [-0.05, 0) is 24.6 Å². The Balaban J connectivity index is 2.06. The summed E-state index contributed by atoms with van der Waals surface area (Å²) < 4.78 is 5.48. The number of benzene rings is 1. The molecular weight excluding hydrogens is 256 g/mol. The highest BCUT2D eigenvalue weighted by Crippen LogP contribution is 2.24. The van der Waals surface area contributed by atoms with Gasteiger partial charge < -0.3 is 9.84 Å². The Bertz CT molecular complexity index is 524. The van der Waals surface area contributed by atoms with Gasteiger partial charge in [-0.15, -0.1) is 0 Å². The van der Waals surface area contributed by atoms with Crippen LogP contribution in [-0.4, -0.2) is 41.8 Å². The Morgan fingerprint density at radius 2 is 2.45 bits per heavy atom. The monoisotopic (exact) mass is 274 g/mol. The van der Waals surface area contributed by atoms with Crippen LogP contribution in [0.1, 0.15) is 30.5 Å². The van der Waals surface area contributed by atoms with Crippen molar-refractivity contribution >= 4 is 5.97 Å². The second-order valence-electron chi connectivity index (χ2n) is 5.00. The van der Waals surface area contributed by atoms with Gasteiger partial charge in [0.25, 0.3) is 0 Å². The molecule has 1 heterocycles. The molecule has 1 aliphatic heterocycles. The standard InChI is InChI=1S/C15H18N2O3/c1-11(13-4-2-3-12(7-13)9-16)17-5-6-20-14(10-17)8-15(18)19/h2-4,7,11,14H,5-6,8,10H2,1H3,(H,18,19). The zero-order valence-corrected chi connectivity index (χ0v) is 11.5. The summed E-state index contributed by atoms with van der Waals surface area (Å²) in [5.74, 6) is -0.837. The average Bonchev–Trinajstić information content (AvgIpc) is 2.46. The third-order valence-electron chi connectivity index (χ3n) is 3.62. The summed E-state index contributed by atoms with van der Waals surface area (Å²) in [6.45, 7) is 3.98. The van der Waals surface area contributed by atoms with E-state index in [0.717, 1.165) is 12.1 Å². The van der Waals surface area contributed by atoms with E-state index in [1.165, 1.54) is 0 Å². The summed E-state index contributed by atoms with van der Waals surface area (Å²) in [4.78, 5) is 13.0. The number of carboxylic acids is 1. The van der Waals surface area contributed by atoms with E-state index in [9.17, 15) is 4.79 Å². The molecule has 1 N–H and O–H groups in total. The van der Waals surface area contributed by atoms with Gasteiger partial charge in [-0.3, -0.25) is 9.69 Å². The molecule has 1 aliphatic rings. The van der Waals surface area contributed by atoms with E-state index in [-0.39, 0.29) is 18.6 Å². The molecule has 1 fully saturated rings. The number of hydrogen-bond donors (Lipinski definition) is 1. The lowest BCUT2D eigenvalue weighted by molar-refractivity contribution is -0.142. The van der Waals surface area contributed by atoms with Crippen LogP contribution in [-0.2, 0) is 9.53 Å². The minimum Gasteiger partial charge on any atom is -0.481 e. The molecule has 1 saturated heterocycles. The molecule has 5 nitrogen and oxygen atoms in total. The van der Waals surface area contributed by atoms with Crippen LogP contribution in [0.5, 0.6) is 0 Å². The van der Waals surface area contributed by atoms with Crippen molar-refractivity contribution in [1.29, 1.82) is 5.26 Å². The SMILES string of the molecule is CC(c1cccc(C#N)c1)N1CCOC(CC(=O)O)C1. The number of hydrogen-bond acceptors (Lipinski definition) is 4. The fourth-order valence-electron chi connectivity index (χ4n) is 2.49. The fourth-order valence-corrected chi connectivity index (χ4v) is 2.49. The molecule has 2 rings (SSSR count). The number of rotatable bonds is 4. The highest BCUT2D eigenvalue weighted by atomic mass is 16.5. The first-order valence-corrected chi connectivity index (χ1v) is 6.67. The van der Waals surface area contributed by atoms with Crippen molar-refractivity contribution in [3.8, 4) is 6.07 Å². The molecule has 0 saturated carbocycles. The van der Waals surface area contributed by atoms with Gasteiger partial charge in [0.1, 0.15) is 0 Å². The Kier molecular flexibility index (Phi) is 4.72. The zero-order valence-electron chi connectivity index (χ0n) is 11.5. The fraction of sp³-hybridized carbons (Fsp3) is 0.467. The predicted octanol–water partition coefficient (Wildman–Crippen LogP) is 1.79. The van der Waals surface area contributed by atoms with Crippen LogP contribution in [0.2, 0.25) is 0 Å². The van der Waals surface area contributed by atoms with Gasteiger partial charge in [-0.25, -0.2) is 0 Å². The lowest BCUT2D eigenvalue weighted by Crippen LogP contribution is -2.44. The molecule has 2 atom stereocenters. The topological polar surface area (TPSA) is 73.6 Å². The molecule has 0 aliphatic carbocycles. The van der Waals surface area contributed by atoms with E-state index >= 15 is 0 Å². The number of morpholine rings is 1. The van der Waals surface area contributed by atoms with Crippen LogP contribution in [0.25, 0.3) is 0 Å². The Hall–Kier alpha value is -1.90. The number of carbonyl (C=O) groups is 1. The molecule has 0 spiro atoms. The molecule has 1 aromatic carbocycles. The predicted molar refractivity (Wildman–Crippen MR) is 73.1 cm³/mol. The van der Waals surface area contributed by atoms with Crippen molar-refractivity contribution in [3.63, 3.8) is 0 Å². The third-order valence-corrected chi connectivity index (χ3v) is 3.62. The van der Waals surface area contributed by atoms with Crippen molar-refractivity contribution < 1.29 is 14.6 Å². The van der Waals surface area contributed by atoms with E-state index < -0.39 is 5.97 Å². The minimum atomic E-state index is -0.837. The Labute approximate surface area is 118 Å². The van der Waals surface area contributed by atoms with Gasteiger partial charge in [0.15, 0.2) is 0 Å². The molecule has 20 heavy (non-hydrogen) atoms. The number of nitrogens with zero attached hydrogens (tertiary/aromatic N) is 2. The number of aliphatic carboxylic acids is 1. The third kappa shape index (κ3) is 3.56. The second kappa shape index (κ2) is 6.51. The number of ether oxygens (including phenoxy) is 1. The summed E-state index contributed by atoms with van der Waals surface area (Å²) in [5, 5.41) is 17.8. The molecule has 5 heteroatoms. The molecule has 0 bridgehead atoms. The molecule has 0 aromatic heterocycles. The molecule has 2 unspecified atom stereocenters. The summed E-state index contributed by atoms with van der Waals surface area (Å²) >= 11 is 0. The zero-order chi connectivity index (χ0) is 14.5. The summed E-state index contributed by atoms with van der Waals surface area (Å²) in [6.07, 6.45) is -0.232. The highest BCUT2D eigenvalue weighted by Gasteiger charge is 2.26. The van der Waals surface area contributed by atoms with E-state index in [0.29, 0.717) is 18.7 Å². The minimum absolute atomic E-state index is 0.0292. The highest BCUT2D eigenvalue weighted by molar-refractivity contribution is 5.67. The molecule has 0 radical (unpaired) electrons. The van der Waals surface area contributed by atoms with Crippen LogP contribution in [0.15, 0.2) is 24.3 Å². The van der Waals surface area contributed by atoms with Crippen LogP contribution in [0.3, 0.4) is 0 Å².